The van der Waals surface area contributed by atoms with Crippen LogP contribution in [0.3, 0.4) is 0 Å². The Labute approximate surface area is 122 Å². The van der Waals surface area contributed by atoms with E-state index < -0.39 is 40.2 Å². The van der Waals surface area contributed by atoms with Crippen molar-refractivity contribution in [1.82, 2.24) is 10.6 Å². The lowest BCUT2D eigenvalue weighted by Gasteiger charge is -2.26. The van der Waals surface area contributed by atoms with Crippen molar-refractivity contribution in [1.29, 1.82) is 0 Å². The van der Waals surface area contributed by atoms with Crippen LogP contribution < -0.4 is 10.6 Å². The number of nitro groups is 1. The minimum absolute atomic E-state index is 0.205. The SMILES string of the molecule is O=C1NC(C(=O)O)=C(C(=O)O)C(c2ccc([N+](=O)[O-])cc2)N1. The molecule has 0 aliphatic carbocycles. The average Bonchev–Trinajstić information content (AvgIpc) is 2.45. The molecule has 1 atom stereocenters. The number of carbonyl (C=O) groups excluding carboxylic acids is 1. The van der Waals surface area contributed by atoms with Crippen molar-refractivity contribution in [2.75, 3.05) is 0 Å². The van der Waals surface area contributed by atoms with Crippen molar-refractivity contribution >= 4 is 23.7 Å². The molecular weight excluding hydrogens is 298 g/mol. The van der Waals surface area contributed by atoms with Gasteiger partial charge in [0.05, 0.1) is 16.5 Å². The third-order valence-electron chi connectivity index (χ3n) is 2.95. The van der Waals surface area contributed by atoms with Gasteiger partial charge in [0.15, 0.2) is 0 Å². The van der Waals surface area contributed by atoms with E-state index in [-0.39, 0.29) is 11.3 Å². The molecule has 22 heavy (non-hydrogen) atoms. The van der Waals surface area contributed by atoms with Gasteiger partial charge in [-0.05, 0) is 17.7 Å². The number of urea groups is 1. The fourth-order valence-corrected chi connectivity index (χ4v) is 2.00. The summed E-state index contributed by atoms with van der Waals surface area (Å²) in [5, 5.41) is 33.0. The molecule has 1 aliphatic rings. The van der Waals surface area contributed by atoms with Crippen molar-refractivity contribution < 1.29 is 29.5 Å². The molecule has 0 spiro atoms. The van der Waals surface area contributed by atoms with Gasteiger partial charge < -0.3 is 20.8 Å². The first-order valence-corrected chi connectivity index (χ1v) is 5.84. The maximum atomic E-state index is 11.5. The van der Waals surface area contributed by atoms with Gasteiger partial charge in [-0.15, -0.1) is 0 Å². The molecule has 0 saturated carbocycles. The number of carbonyl (C=O) groups is 3. The molecule has 10 nitrogen and oxygen atoms in total. The number of non-ortho nitro benzene ring substituents is 1. The van der Waals surface area contributed by atoms with E-state index in [1.807, 2.05) is 5.32 Å². The number of nitrogens with zero attached hydrogens (tertiary/aromatic N) is 1. The summed E-state index contributed by atoms with van der Waals surface area (Å²) in [5.74, 6) is -3.13. The monoisotopic (exact) mass is 307 g/mol. The highest BCUT2D eigenvalue weighted by molar-refractivity contribution is 6.04. The highest BCUT2D eigenvalue weighted by Crippen LogP contribution is 2.28. The van der Waals surface area contributed by atoms with E-state index in [2.05, 4.69) is 5.32 Å². The first-order chi connectivity index (χ1) is 10.3. The molecule has 2 amide bonds. The largest absolute Gasteiger partial charge is 0.478 e. The molecule has 0 aromatic heterocycles. The zero-order valence-electron chi connectivity index (χ0n) is 10.8. The number of carboxylic acids is 2. The van der Waals surface area contributed by atoms with E-state index in [0.29, 0.717) is 0 Å². The Morgan fingerprint density at radius 1 is 1.14 bits per heavy atom. The Balaban J connectivity index is 2.53. The van der Waals surface area contributed by atoms with Crippen molar-refractivity contribution in [3.8, 4) is 0 Å². The lowest BCUT2D eigenvalue weighted by molar-refractivity contribution is -0.384. The fraction of sp³-hybridized carbons (Fsp3) is 0.0833. The van der Waals surface area contributed by atoms with Crippen LogP contribution in [0.2, 0.25) is 0 Å². The normalized spacial score (nSPS) is 17.5. The van der Waals surface area contributed by atoms with Gasteiger partial charge in [0.1, 0.15) is 5.70 Å². The van der Waals surface area contributed by atoms with Crippen LogP contribution in [-0.4, -0.2) is 33.1 Å². The summed E-state index contributed by atoms with van der Waals surface area (Å²) in [4.78, 5) is 43.8. The molecule has 4 N–H and O–H groups in total. The Kier molecular flexibility index (Phi) is 3.75. The minimum Gasteiger partial charge on any atom is -0.478 e. The molecule has 0 fully saturated rings. The molecule has 1 aliphatic heterocycles. The summed E-state index contributed by atoms with van der Waals surface area (Å²) in [6.45, 7) is 0. The number of carboxylic acid groups (broad SMARTS) is 2. The minimum atomic E-state index is -1.60. The second-order valence-corrected chi connectivity index (χ2v) is 4.28. The second kappa shape index (κ2) is 5.52. The first kappa shape index (κ1) is 15.0. The van der Waals surface area contributed by atoms with Crippen molar-refractivity contribution in [2.24, 2.45) is 0 Å². The van der Waals surface area contributed by atoms with Gasteiger partial charge in [0.25, 0.3) is 5.69 Å². The molecule has 0 saturated heterocycles. The molecule has 2 rings (SSSR count). The van der Waals surface area contributed by atoms with E-state index in [1.165, 1.54) is 12.1 Å². The Bertz CT molecular complexity index is 708. The van der Waals surface area contributed by atoms with Gasteiger partial charge in [-0.25, -0.2) is 14.4 Å². The van der Waals surface area contributed by atoms with Gasteiger partial charge in [-0.2, -0.15) is 0 Å². The number of nitrogens with one attached hydrogen (secondary N) is 2. The first-order valence-electron chi connectivity index (χ1n) is 5.84. The van der Waals surface area contributed by atoms with Crippen molar-refractivity contribution in [2.45, 2.75) is 6.04 Å². The Hall–Kier alpha value is -3.43. The second-order valence-electron chi connectivity index (χ2n) is 4.28. The number of benzene rings is 1. The summed E-state index contributed by atoms with van der Waals surface area (Å²) >= 11 is 0. The van der Waals surface area contributed by atoms with Crippen LogP contribution in [0.25, 0.3) is 0 Å². The van der Waals surface area contributed by atoms with Gasteiger partial charge in [0.2, 0.25) is 0 Å². The van der Waals surface area contributed by atoms with Crippen LogP contribution in [-0.2, 0) is 9.59 Å². The van der Waals surface area contributed by atoms with Crippen LogP contribution in [0.1, 0.15) is 11.6 Å². The molecule has 0 bridgehead atoms. The number of amides is 2. The maximum absolute atomic E-state index is 11.5. The number of hydrogen-bond donors (Lipinski definition) is 4. The zero-order chi connectivity index (χ0) is 16.4. The molecule has 10 heteroatoms. The maximum Gasteiger partial charge on any atom is 0.353 e. The van der Waals surface area contributed by atoms with Crippen molar-refractivity contribution in [3.63, 3.8) is 0 Å². The highest BCUT2D eigenvalue weighted by Gasteiger charge is 2.35. The van der Waals surface area contributed by atoms with Gasteiger partial charge in [-0.3, -0.25) is 10.1 Å². The van der Waals surface area contributed by atoms with Gasteiger partial charge >= 0.3 is 18.0 Å². The molecule has 1 aromatic carbocycles. The van der Waals surface area contributed by atoms with E-state index in [0.717, 1.165) is 12.1 Å². The molecule has 114 valence electrons. The third kappa shape index (κ3) is 2.70. The summed E-state index contributed by atoms with van der Waals surface area (Å²) in [5.41, 5.74) is -1.33. The van der Waals surface area contributed by atoms with Gasteiger partial charge in [0, 0.05) is 12.1 Å². The molecule has 1 heterocycles. The van der Waals surface area contributed by atoms with E-state index in [4.69, 9.17) is 5.11 Å². The zero-order valence-corrected chi connectivity index (χ0v) is 10.8. The summed E-state index contributed by atoms with van der Waals surface area (Å²) in [6, 6.07) is 2.63. The summed E-state index contributed by atoms with van der Waals surface area (Å²) < 4.78 is 0. The third-order valence-corrected chi connectivity index (χ3v) is 2.95. The lowest BCUT2D eigenvalue weighted by atomic mass is 9.95. The predicted octanol–water partition coefficient (Wildman–Crippen LogP) is 0.372. The highest BCUT2D eigenvalue weighted by atomic mass is 16.6. The van der Waals surface area contributed by atoms with Crippen LogP contribution in [0.5, 0.6) is 0 Å². The lowest BCUT2D eigenvalue weighted by Crippen LogP contribution is -2.47. The van der Waals surface area contributed by atoms with Crippen LogP contribution >= 0.6 is 0 Å². The van der Waals surface area contributed by atoms with Gasteiger partial charge in [-0.1, -0.05) is 0 Å². The van der Waals surface area contributed by atoms with Crippen molar-refractivity contribution in [3.05, 3.63) is 51.2 Å². The number of hydrogen-bond acceptors (Lipinski definition) is 5. The Morgan fingerprint density at radius 3 is 2.18 bits per heavy atom. The number of rotatable bonds is 4. The molecule has 1 aromatic rings. The molecule has 1 unspecified atom stereocenters. The fourth-order valence-electron chi connectivity index (χ4n) is 2.00. The smallest absolute Gasteiger partial charge is 0.353 e. The van der Waals surface area contributed by atoms with Crippen LogP contribution in [0.15, 0.2) is 35.5 Å². The van der Waals surface area contributed by atoms with Crippen LogP contribution in [0, 0.1) is 10.1 Å². The van der Waals surface area contributed by atoms with Crippen LogP contribution in [0.4, 0.5) is 10.5 Å². The van der Waals surface area contributed by atoms with E-state index in [9.17, 15) is 29.6 Å². The molecular formula is C12H9N3O7. The average molecular weight is 307 g/mol. The predicted molar refractivity (Wildman–Crippen MR) is 69.8 cm³/mol. The standard InChI is InChI=1S/C12H9N3O7/c16-10(17)7-8(13-12(20)14-9(7)11(18)19)5-1-3-6(4-2-5)15(21)22/h1-4,8H,(H,16,17)(H,18,19)(H2,13,14,20). The Morgan fingerprint density at radius 2 is 1.73 bits per heavy atom. The summed E-state index contributed by atoms with van der Waals surface area (Å²) in [7, 11) is 0. The number of nitro benzene ring substituents is 1. The summed E-state index contributed by atoms with van der Waals surface area (Å²) in [6.07, 6.45) is 0. The molecule has 0 radical (unpaired) electrons. The van der Waals surface area contributed by atoms with E-state index >= 15 is 0 Å². The quantitative estimate of drug-likeness (QED) is 0.462. The van der Waals surface area contributed by atoms with E-state index in [1.54, 1.807) is 0 Å². The topological polar surface area (TPSA) is 159 Å². The number of aliphatic carboxylic acids is 2.